The summed E-state index contributed by atoms with van der Waals surface area (Å²) >= 11 is 0. The lowest BCUT2D eigenvalue weighted by Crippen LogP contribution is -2.39. The van der Waals surface area contributed by atoms with Crippen molar-refractivity contribution >= 4 is 23.1 Å². The molecule has 6 N–H and O–H groups in total. The van der Waals surface area contributed by atoms with E-state index in [1.54, 1.807) is 4.57 Å². The summed E-state index contributed by atoms with van der Waals surface area (Å²) in [6.45, 7) is 4.24. The molecule has 1 unspecified atom stereocenters. The van der Waals surface area contributed by atoms with Gasteiger partial charge in [-0.3, -0.25) is 14.6 Å². The molecule has 2 aromatic rings. The highest BCUT2D eigenvalue weighted by molar-refractivity contribution is 5.75. The molecule has 0 aliphatic carbocycles. The number of rotatable bonds is 9. The number of nitrogen functional groups attached to an aromatic ring is 1. The molecule has 0 fully saturated rings. The van der Waals surface area contributed by atoms with Crippen LogP contribution in [0.3, 0.4) is 0 Å². The maximum atomic E-state index is 12.1. The van der Waals surface area contributed by atoms with E-state index in [1.165, 1.54) is 6.33 Å². The van der Waals surface area contributed by atoms with Crippen LogP contribution in [0.4, 0.5) is 5.95 Å². The third kappa shape index (κ3) is 4.58. The number of nitrogens with one attached hydrogen (secondary N) is 1. The second-order valence-electron chi connectivity index (χ2n) is 6.44. The molecule has 0 saturated heterocycles. The van der Waals surface area contributed by atoms with Gasteiger partial charge in [0.25, 0.3) is 5.56 Å². The van der Waals surface area contributed by atoms with E-state index in [1.807, 2.05) is 13.8 Å². The van der Waals surface area contributed by atoms with Gasteiger partial charge in [0.15, 0.2) is 11.2 Å². The van der Waals surface area contributed by atoms with Crippen molar-refractivity contribution in [3.05, 3.63) is 16.7 Å². The number of esters is 1. The molecule has 0 aliphatic rings. The standard InChI is InChI=1S/C16H26N6O4/c1-3-9(2)11(17)15(25)26-7-10(4-5-23)6-22-8-19-12-13(22)20-16(18)21-14(12)24/h8-11,23H,3-7,17H2,1-2H3,(H3,18,20,21,24)/t9-,10?,11-/m0/s1. The van der Waals surface area contributed by atoms with Crippen molar-refractivity contribution in [2.75, 3.05) is 18.9 Å². The molecule has 2 rings (SSSR count). The van der Waals surface area contributed by atoms with E-state index < -0.39 is 17.6 Å². The van der Waals surface area contributed by atoms with E-state index in [0.29, 0.717) is 18.6 Å². The molecule has 0 aromatic carbocycles. The first-order valence-corrected chi connectivity index (χ1v) is 8.61. The summed E-state index contributed by atoms with van der Waals surface area (Å²) in [7, 11) is 0. The van der Waals surface area contributed by atoms with Crippen LogP contribution < -0.4 is 17.0 Å². The van der Waals surface area contributed by atoms with Crippen LogP contribution in [-0.2, 0) is 16.1 Å². The fourth-order valence-corrected chi connectivity index (χ4v) is 2.57. The van der Waals surface area contributed by atoms with Gasteiger partial charge in [-0.2, -0.15) is 4.98 Å². The molecule has 0 spiro atoms. The first-order chi connectivity index (χ1) is 12.4. The molecule has 0 amide bonds. The molecule has 3 atom stereocenters. The van der Waals surface area contributed by atoms with Gasteiger partial charge in [-0.15, -0.1) is 0 Å². The Labute approximate surface area is 150 Å². The number of aromatic amines is 1. The van der Waals surface area contributed by atoms with Gasteiger partial charge in [0.2, 0.25) is 5.95 Å². The maximum Gasteiger partial charge on any atom is 0.323 e. The maximum absolute atomic E-state index is 12.1. The fraction of sp³-hybridized carbons (Fsp3) is 0.625. The van der Waals surface area contributed by atoms with Crippen LogP contribution in [0.2, 0.25) is 0 Å². The summed E-state index contributed by atoms with van der Waals surface area (Å²) in [5.41, 5.74) is 11.6. The Kier molecular flexibility index (Phi) is 6.70. The highest BCUT2D eigenvalue weighted by Crippen LogP contribution is 2.14. The molecule has 2 aromatic heterocycles. The Morgan fingerprint density at radius 2 is 2.23 bits per heavy atom. The van der Waals surface area contributed by atoms with Crippen LogP contribution in [0, 0.1) is 11.8 Å². The Bertz CT molecular complexity index is 802. The minimum absolute atomic E-state index is 0.00564. The zero-order chi connectivity index (χ0) is 19.3. The number of nitrogens with two attached hydrogens (primary N) is 2. The van der Waals surface area contributed by atoms with Crippen LogP contribution in [0.15, 0.2) is 11.1 Å². The topological polar surface area (TPSA) is 162 Å². The number of carbonyl (C=O) groups is 1. The van der Waals surface area contributed by atoms with Gasteiger partial charge in [-0.25, -0.2) is 4.98 Å². The van der Waals surface area contributed by atoms with Crippen LogP contribution in [0.1, 0.15) is 26.7 Å². The molecule has 0 saturated carbocycles. The number of nitrogens with zero attached hydrogens (tertiary/aromatic N) is 3. The van der Waals surface area contributed by atoms with E-state index in [9.17, 15) is 14.7 Å². The Morgan fingerprint density at radius 3 is 2.88 bits per heavy atom. The number of imidazole rings is 1. The third-order valence-corrected chi connectivity index (χ3v) is 4.48. The SMILES string of the molecule is CC[C@H](C)[C@H](N)C(=O)OCC(CCO)Cn1cnc2c(=O)[nH]c(N)nc21. The van der Waals surface area contributed by atoms with E-state index in [-0.39, 0.29) is 36.5 Å². The molecule has 0 radical (unpaired) electrons. The predicted octanol–water partition coefficient (Wildman–Crippen LogP) is -0.383. The van der Waals surface area contributed by atoms with Crippen LogP contribution in [0.25, 0.3) is 11.2 Å². The normalized spacial score (nSPS) is 14.9. The average molecular weight is 366 g/mol. The number of fused-ring (bicyclic) bond motifs is 1. The number of carbonyl (C=O) groups excluding carboxylic acids is 1. The minimum atomic E-state index is -0.677. The molecular formula is C16H26N6O4. The summed E-state index contributed by atoms with van der Waals surface area (Å²) in [6.07, 6.45) is 2.66. The van der Waals surface area contributed by atoms with E-state index in [4.69, 9.17) is 16.2 Å². The van der Waals surface area contributed by atoms with Crippen molar-refractivity contribution in [1.82, 2.24) is 19.5 Å². The monoisotopic (exact) mass is 366 g/mol. The van der Waals surface area contributed by atoms with Gasteiger partial charge in [-0.1, -0.05) is 20.3 Å². The van der Waals surface area contributed by atoms with Crippen LogP contribution >= 0.6 is 0 Å². The van der Waals surface area contributed by atoms with Crippen LogP contribution in [-0.4, -0.2) is 49.9 Å². The second-order valence-corrected chi connectivity index (χ2v) is 6.44. The minimum Gasteiger partial charge on any atom is -0.464 e. The van der Waals surface area contributed by atoms with Crippen molar-refractivity contribution in [2.24, 2.45) is 17.6 Å². The van der Waals surface area contributed by atoms with Crippen molar-refractivity contribution in [3.8, 4) is 0 Å². The summed E-state index contributed by atoms with van der Waals surface area (Å²) in [6, 6.07) is -0.677. The number of anilines is 1. The zero-order valence-corrected chi connectivity index (χ0v) is 15.0. The average Bonchev–Trinajstić information content (AvgIpc) is 3.01. The molecule has 10 nitrogen and oxygen atoms in total. The molecule has 26 heavy (non-hydrogen) atoms. The van der Waals surface area contributed by atoms with Gasteiger partial charge < -0.3 is 25.9 Å². The molecule has 144 valence electrons. The summed E-state index contributed by atoms with van der Waals surface area (Å²) in [4.78, 5) is 34.4. The van der Waals surface area contributed by atoms with E-state index >= 15 is 0 Å². The summed E-state index contributed by atoms with van der Waals surface area (Å²) < 4.78 is 6.98. The quantitative estimate of drug-likeness (QED) is 0.436. The number of aliphatic hydroxyl groups is 1. The van der Waals surface area contributed by atoms with E-state index in [2.05, 4.69) is 15.0 Å². The molecule has 0 bridgehead atoms. The Morgan fingerprint density at radius 1 is 1.50 bits per heavy atom. The van der Waals surface area contributed by atoms with Crippen molar-refractivity contribution < 1.29 is 14.6 Å². The smallest absolute Gasteiger partial charge is 0.323 e. The molecule has 10 heteroatoms. The van der Waals surface area contributed by atoms with E-state index in [0.717, 1.165) is 6.42 Å². The zero-order valence-electron chi connectivity index (χ0n) is 15.0. The summed E-state index contributed by atoms with van der Waals surface area (Å²) in [5, 5.41) is 9.29. The number of hydrogen-bond acceptors (Lipinski definition) is 8. The largest absolute Gasteiger partial charge is 0.464 e. The molecule has 2 heterocycles. The van der Waals surface area contributed by atoms with Gasteiger partial charge in [0.1, 0.15) is 6.04 Å². The van der Waals surface area contributed by atoms with Crippen molar-refractivity contribution in [2.45, 2.75) is 39.3 Å². The summed E-state index contributed by atoms with van der Waals surface area (Å²) in [5.74, 6) is -0.631. The lowest BCUT2D eigenvalue weighted by molar-refractivity contribution is -0.148. The second kappa shape index (κ2) is 8.77. The first-order valence-electron chi connectivity index (χ1n) is 8.61. The first kappa shape index (κ1) is 19.9. The lowest BCUT2D eigenvalue weighted by Gasteiger charge is -2.20. The molecular weight excluding hydrogens is 340 g/mol. The van der Waals surface area contributed by atoms with Gasteiger partial charge >= 0.3 is 5.97 Å². The lowest BCUT2D eigenvalue weighted by atomic mass is 10.0. The van der Waals surface area contributed by atoms with Crippen molar-refractivity contribution in [3.63, 3.8) is 0 Å². The number of ether oxygens (including phenoxy) is 1. The van der Waals surface area contributed by atoms with Crippen molar-refractivity contribution in [1.29, 1.82) is 0 Å². The fourth-order valence-electron chi connectivity index (χ4n) is 2.57. The number of H-pyrrole nitrogens is 1. The number of aliphatic hydroxyl groups excluding tert-OH is 1. The highest BCUT2D eigenvalue weighted by Gasteiger charge is 2.23. The molecule has 0 aliphatic heterocycles. The van der Waals surface area contributed by atoms with Gasteiger partial charge in [0, 0.05) is 19.1 Å². The Balaban J connectivity index is 2.09. The number of aromatic nitrogens is 4. The van der Waals surface area contributed by atoms with Gasteiger partial charge in [-0.05, 0) is 12.3 Å². The van der Waals surface area contributed by atoms with Crippen LogP contribution in [0.5, 0.6) is 0 Å². The third-order valence-electron chi connectivity index (χ3n) is 4.48. The predicted molar refractivity (Wildman–Crippen MR) is 96.1 cm³/mol. The van der Waals surface area contributed by atoms with Gasteiger partial charge in [0.05, 0.1) is 12.9 Å². The highest BCUT2D eigenvalue weighted by atomic mass is 16.5. The number of hydrogen-bond donors (Lipinski definition) is 4. The Hall–Kier alpha value is -2.46.